The fourth-order valence-electron chi connectivity index (χ4n) is 2.14. The van der Waals surface area contributed by atoms with Gasteiger partial charge in [-0.25, -0.2) is 0 Å². The van der Waals surface area contributed by atoms with Crippen molar-refractivity contribution in [2.24, 2.45) is 5.73 Å². The Morgan fingerprint density at radius 2 is 2.20 bits per heavy atom. The van der Waals surface area contributed by atoms with E-state index in [-0.39, 0.29) is 12.0 Å². The average Bonchev–Trinajstić information content (AvgIpc) is 2.24. The zero-order valence-electron chi connectivity index (χ0n) is 9.13. The van der Waals surface area contributed by atoms with E-state index in [0.29, 0.717) is 6.54 Å². The van der Waals surface area contributed by atoms with Crippen LogP contribution in [0.5, 0.6) is 0 Å². The second kappa shape index (κ2) is 4.49. The number of carbonyl (C=O) groups is 1. The Labute approximate surface area is 90.5 Å². The molecule has 0 aromatic carbocycles. The van der Waals surface area contributed by atoms with Gasteiger partial charge in [0.2, 0.25) is 5.91 Å². The average molecular weight is 212 g/mol. The third-order valence-corrected chi connectivity index (χ3v) is 3.46. The summed E-state index contributed by atoms with van der Waals surface area (Å²) in [4.78, 5) is 11.7. The summed E-state index contributed by atoms with van der Waals surface area (Å²) in [5.74, 6) is 0.00271. The smallest absolute Gasteiger partial charge is 0.240 e. The molecule has 1 aliphatic carbocycles. The second-order valence-electron chi connectivity index (χ2n) is 4.71. The van der Waals surface area contributed by atoms with Gasteiger partial charge >= 0.3 is 0 Å². The number of nitrogens with two attached hydrogens (primary N) is 1. The molecule has 1 heterocycles. The maximum absolute atomic E-state index is 11.7. The number of rotatable bonds is 3. The molecule has 1 unspecified atom stereocenters. The Hall–Kier alpha value is -0.610. The van der Waals surface area contributed by atoms with Crippen molar-refractivity contribution in [2.45, 2.75) is 50.2 Å². The summed E-state index contributed by atoms with van der Waals surface area (Å²) in [5.41, 5.74) is 5.33. The highest BCUT2D eigenvalue weighted by atomic mass is 16.5. The van der Waals surface area contributed by atoms with Crippen LogP contribution in [0.2, 0.25) is 0 Å². The molecule has 1 saturated heterocycles. The maximum atomic E-state index is 11.7. The SMILES string of the molecule is NC1(C(=O)NCC2CCCCO2)CCC1. The number of amides is 1. The molecule has 2 aliphatic rings. The van der Waals surface area contributed by atoms with E-state index in [2.05, 4.69) is 5.32 Å². The van der Waals surface area contributed by atoms with E-state index in [4.69, 9.17) is 10.5 Å². The molecule has 0 bridgehead atoms. The van der Waals surface area contributed by atoms with Crippen LogP contribution in [0.3, 0.4) is 0 Å². The summed E-state index contributed by atoms with van der Waals surface area (Å²) in [5, 5.41) is 2.91. The molecule has 1 amide bonds. The zero-order valence-corrected chi connectivity index (χ0v) is 9.13. The summed E-state index contributed by atoms with van der Waals surface area (Å²) >= 11 is 0. The first-order valence-corrected chi connectivity index (χ1v) is 5.89. The normalized spacial score (nSPS) is 29.3. The molecule has 1 saturated carbocycles. The Balaban J connectivity index is 1.70. The molecular weight excluding hydrogens is 192 g/mol. The Bertz CT molecular complexity index is 233. The largest absolute Gasteiger partial charge is 0.376 e. The lowest BCUT2D eigenvalue weighted by Crippen LogP contribution is -2.59. The molecule has 3 N–H and O–H groups in total. The Morgan fingerprint density at radius 1 is 1.40 bits per heavy atom. The topological polar surface area (TPSA) is 64.4 Å². The van der Waals surface area contributed by atoms with E-state index in [1.807, 2.05) is 0 Å². The van der Waals surface area contributed by atoms with Crippen LogP contribution in [0.25, 0.3) is 0 Å². The van der Waals surface area contributed by atoms with Crippen LogP contribution in [0.15, 0.2) is 0 Å². The van der Waals surface area contributed by atoms with Crippen LogP contribution in [0, 0.1) is 0 Å². The maximum Gasteiger partial charge on any atom is 0.240 e. The van der Waals surface area contributed by atoms with E-state index < -0.39 is 5.54 Å². The van der Waals surface area contributed by atoms with E-state index in [9.17, 15) is 4.79 Å². The van der Waals surface area contributed by atoms with Crippen molar-refractivity contribution in [3.63, 3.8) is 0 Å². The number of hydrogen-bond acceptors (Lipinski definition) is 3. The first kappa shape index (κ1) is 10.9. The first-order chi connectivity index (χ1) is 7.21. The van der Waals surface area contributed by atoms with Crippen LogP contribution >= 0.6 is 0 Å². The molecule has 1 atom stereocenters. The quantitative estimate of drug-likeness (QED) is 0.718. The summed E-state index contributed by atoms with van der Waals surface area (Å²) in [6.07, 6.45) is 6.32. The van der Waals surface area contributed by atoms with E-state index in [1.165, 1.54) is 6.42 Å². The van der Waals surface area contributed by atoms with Gasteiger partial charge in [0.15, 0.2) is 0 Å². The van der Waals surface area contributed by atoms with Crippen LogP contribution in [-0.2, 0) is 9.53 Å². The third kappa shape index (κ3) is 2.49. The molecule has 2 rings (SSSR count). The first-order valence-electron chi connectivity index (χ1n) is 5.89. The van der Waals surface area contributed by atoms with Crippen LogP contribution in [0.1, 0.15) is 38.5 Å². The standard InChI is InChI=1S/C11H20N2O2/c12-11(5-3-6-11)10(14)13-8-9-4-1-2-7-15-9/h9H,1-8,12H2,(H,13,14). The minimum atomic E-state index is -0.575. The molecule has 86 valence electrons. The highest BCUT2D eigenvalue weighted by Gasteiger charge is 2.40. The highest BCUT2D eigenvalue weighted by Crippen LogP contribution is 2.29. The lowest BCUT2D eigenvalue weighted by atomic mass is 9.77. The van der Waals surface area contributed by atoms with Crippen molar-refractivity contribution in [3.8, 4) is 0 Å². The van der Waals surface area contributed by atoms with Gasteiger partial charge < -0.3 is 15.8 Å². The molecule has 0 radical (unpaired) electrons. The van der Waals surface area contributed by atoms with Gasteiger partial charge in [-0.2, -0.15) is 0 Å². The van der Waals surface area contributed by atoms with Crippen molar-refractivity contribution in [3.05, 3.63) is 0 Å². The van der Waals surface area contributed by atoms with Gasteiger partial charge in [0.1, 0.15) is 0 Å². The number of ether oxygens (including phenoxy) is 1. The van der Waals surface area contributed by atoms with Gasteiger partial charge in [0.25, 0.3) is 0 Å². The molecule has 0 spiro atoms. The summed E-state index contributed by atoms with van der Waals surface area (Å²) in [6, 6.07) is 0. The van der Waals surface area contributed by atoms with Gasteiger partial charge in [-0.1, -0.05) is 0 Å². The van der Waals surface area contributed by atoms with E-state index in [1.54, 1.807) is 0 Å². The van der Waals surface area contributed by atoms with Gasteiger partial charge in [0.05, 0.1) is 11.6 Å². The predicted molar refractivity (Wildman–Crippen MR) is 57.4 cm³/mol. The Kier molecular flexibility index (Phi) is 3.26. The van der Waals surface area contributed by atoms with Gasteiger partial charge in [-0.15, -0.1) is 0 Å². The molecule has 0 aromatic rings. The Morgan fingerprint density at radius 3 is 2.73 bits per heavy atom. The lowest BCUT2D eigenvalue weighted by Gasteiger charge is -2.36. The van der Waals surface area contributed by atoms with Crippen molar-refractivity contribution in [2.75, 3.05) is 13.2 Å². The number of hydrogen-bond donors (Lipinski definition) is 2. The highest BCUT2D eigenvalue weighted by molar-refractivity contribution is 5.86. The molecule has 4 nitrogen and oxygen atoms in total. The summed E-state index contributed by atoms with van der Waals surface area (Å²) in [6.45, 7) is 1.45. The van der Waals surface area contributed by atoms with Gasteiger partial charge in [-0.05, 0) is 38.5 Å². The molecule has 2 fully saturated rings. The summed E-state index contributed by atoms with van der Waals surface area (Å²) < 4.78 is 5.54. The van der Waals surface area contributed by atoms with E-state index >= 15 is 0 Å². The minimum Gasteiger partial charge on any atom is -0.376 e. The van der Waals surface area contributed by atoms with Gasteiger partial charge in [0, 0.05) is 13.2 Å². The van der Waals surface area contributed by atoms with Crippen molar-refractivity contribution < 1.29 is 9.53 Å². The minimum absolute atomic E-state index is 0.00271. The van der Waals surface area contributed by atoms with Crippen molar-refractivity contribution in [1.82, 2.24) is 5.32 Å². The van der Waals surface area contributed by atoms with E-state index in [0.717, 1.165) is 38.7 Å². The van der Waals surface area contributed by atoms with Crippen molar-refractivity contribution in [1.29, 1.82) is 0 Å². The predicted octanol–water partition coefficient (Wildman–Crippen LogP) is 0.553. The van der Waals surface area contributed by atoms with Crippen molar-refractivity contribution >= 4 is 5.91 Å². The van der Waals surface area contributed by atoms with Crippen LogP contribution in [0.4, 0.5) is 0 Å². The molecule has 15 heavy (non-hydrogen) atoms. The fraction of sp³-hybridized carbons (Fsp3) is 0.909. The lowest BCUT2D eigenvalue weighted by molar-refractivity contribution is -0.130. The number of carbonyl (C=O) groups excluding carboxylic acids is 1. The number of nitrogens with one attached hydrogen (secondary N) is 1. The van der Waals surface area contributed by atoms with Crippen LogP contribution in [-0.4, -0.2) is 30.7 Å². The molecule has 4 heteroatoms. The molecular formula is C11H20N2O2. The monoisotopic (exact) mass is 212 g/mol. The molecule has 1 aliphatic heterocycles. The van der Waals surface area contributed by atoms with Crippen LogP contribution < -0.4 is 11.1 Å². The summed E-state index contributed by atoms with van der Waals surface area (Å²) in [7, 11) is 0. The fourth-order valence-corrected chi connectivity index (χ4v) is 2.14. The van der Waals surface area contributed by atoms with Gasteiger partial charge in [-0.3, -0.25) is 4.79 Å². The third-order valence-electron chi connectivity index (χ3n) is 3.46. The second-order valence-corrected chi connectivity index (χ2v) is 4.71. The zero-order chi connectivity index (χ0) is 10.7. The molecule has 0 aromatic heterocycles.